The Kier molecular flexibility index (Phi) is 5.58. The molecular weight excluding hydrogens is 444 g/mol. The summed E-state index contributed by atoms with van der Waals surface area (Å²) in [4.78, 5) is 24.8. The molecule has 0 aliphatic carbocycles. The average Bonchev–Trinajstić information content (AvgIpc) is 3.13. The molecule has 1 amide bonds. The molecule has 0 radical (unpaired) electrons. The minimum Gasteiger partial charge on any atom is -0.451 e. The number of aryl methyl sites for hydroxylation is 1. The average molecular weight is 467 g/mol. The van der Waals surface area contributed by atoms with E-state index in [1.165, 1.54) is 6.07 Å². The normalized spacial score (nSPS) is 10.9. The minimum atomic E-state index is -0.505. The topological polar surface area (TPSA) is 115 Å². The number of benzene rings is 2. The summed E-state index contributed by atoms with van der Waals surface area (Å²) in [5.41, 5.74) is 4.53. The fourth-order valence-corrected chi connectivity index (χ4v) is 3.64. The Labute approximate surface area is 200 Å². The van der Waals surface area contributed by atoms with Gasteiger partial charge in [-0.25, -0.2) is 4.68 Å². The molecule has 5 rings (SSSR count). The lowest BCUT2D eigenvalue weighted by Crippen LogP contribution is -2.14. The molecule has 0 saturated heterocycles. The fraction of sp³-hybridized carbons (Fsp3) is 0.115. The zero-order valence-electron chi connectivity index (χ0n) is 19.4. The van der Waals surface area contributed by atoms with Gasteiger partial charge in [0.2, 0.25) is 0 Å². The first kappa shape index (κ1) is 22.0. The highest BCUT2D eigenvalue weighted by Crippen LogP contribution is 2.20. The molecule has 9 heteroatoms. The number of anilines is 3. The number of aromatic nitrogens is 4. The number of rotatable bonds is 5. The third-order valence-corrected chi connectivity index (χ3v) is 5.79. The standard InChI is InChI=1S/C26H22N6O3/c1-15-16(2)31-32(17(15)3)25-13-12-24(29-30-25)27-18-8-10-19(11-9-18)28-26(34)23-14-21(33)20-6-4-5-7-22(20)35-23/h4-14H,1-3H3,(H,27,29)(H,28,34). The number of carbonyl (C=O) groups excluding carboxylic acids is 1. The van der Waals surface area contributed by atoms with Gasteiger partial charge in [-0.1, -0.05) is 12.1 Å². The molecule has 0 unspecified atom stereocenters. The first-order chi connectivity index (χ1) is 16.9. The van der Waals surface area contributed by atoms with Crippen LogP contribution in [0.25, 0.3) is 16.8 Å². The van der Waals surface area contributed by atoms with Gasteiger partial charge in [-0.15, -0.1) is 10.2 Å². The quantitative estimate of drug-likeness (QED) is 0.386. The molecule has 35 heavy (non-hydrogen) atoms. The third kappa shape index (κ3) is 4.39. The van der Waals surface area contributed by atoms with Gasteiger partial charge in [0, 0.05) is 23.1 Å². The summed E-state index contributed by atoms with van der Waals surface area (Å²) in [5.74, 6) is 0.655. The number of para-hydroxylation sites is 1. The van der Waals surface area contributed by atoms with Gasteiger partial charge >= 0.3 is 0 Å². The zero-order valence-corrected chi connectivity index (χ0v) is 19.4. The Balaban J connectivity index is 1.26. The van der Waals surface area contributed by atoms with Crippen LogP contribution in [0.4, 0.5) is 17.2 Å². The van der Waals surface area contributed by atoms with E-state index in [-0.39, 0.29) is 11.2 Å². The van der Waals surface area contributed by atoms with E-state index in [4.69, 9.17) is 4.42 Å². The van der Waals surface area contributed by atoms with E-state index >= 15 is 0 Å². The zero-order chi connectivity index (χ0) is 24.5. The molecule has 0 atom stereocenters. The molecule has 5 aromatic rings. The van der Waals surface area contributed by atoms with E-state index in [0.29, 0.717) is 28.3 Å². The maximum absolute atomic E-state index is 12.6. The van der Waals surface area contributed by atoms with Gasteiger partial charge in [-0.05, 0) is 74.9 Å². The summed E-state index contributed by atoms with van der Waals surface area (Å²) in [6.07, 6.45) is 0. The Morgan fingerprint density at radius 1 is 0.914 bits per heavy atom. The predicted molar refractivity (Wildman–Crippen MR) is 134 cm³/mol. The monoisotopic (exact) mass is 466 g/mol. The van der Waals surface area contributed by atoms with Crippen molar-refractivity contribution in [3.63, 3.8) is 0 Å². The van der Waals surface area contributed by atoms with E-state index in [9.17, 15) is 9.59 Å². The Morgan fingerprint density at radius 3 is 2.34 bits per heavy atom. The van der Waals surface area contributed by atoms with Crippen molar-refractivity contribution in [2.24, 2.45) is 0 Å². The van der Waals surface area contributed by atoms with Gasteiger partial charge in [0.15, 0.2) is 22.8 Å². The highest BCUT2D eigenvalue weighted by Gasteiger charge is 2.13. The van der Waals surface area contributed by atoms with Gasteiger partial charge in [0.05, 0.1) is 11.1 Å². The molecule has 0 bridgehead atoms. The van der Waals surface area contributed by atoms with Crippen molar-refractivity contribution in [3.05, 3.63) is 99.7 Å². The van der Waals surface area contributed by atoms with Crippen molar-refractivity contribution >= 4 is 34.1 Å². The minimum absolute atomic E-state index is 0.0518. The van der Waals surface area contributed by atoms with Crippen molar-refractivity contribution in [1.29, 1.82) is 0 Å². The molecular formula is C26H22N6O3. The first-order valence-corrected chi connectivity index (χ1v) is 11.0. The van der Waals surface area contributed by atoms with Crippen LogP contribution < -0.4 is 16.1 Å². The third-order valence-electron chi connectivity index (χ3n) is 5.79. The van der Waals surface area contributed by atoms with Crippen LogP contribution in [-0.2, 0) is 0 Å². The lowest BCUT2D eigenvalue weighted by molar-refractivity contribution is 0.0997. The molecule has 0 aliphatic heterocycles. The highest BCUT2D eigenvalue weighted by molar-refractivity contribution is 6.03. The summed E-state index contributed by atoms with van der Waals surface area (Å²) < 4.78 is 7.36. The highest BCUT2D eigenvalue weighted by atomic mass is 16.3. The molecule has 2 aromatic carbocycles. The van der Waals surface area contributed by atoms with Crippen LogP contribution in [-0.4, -0.2) is 25.9 Å². The number of amides is 1. The number of carbonyl (C=O) groups is 1. The van der Waals surface area contributed by atoms with E-state index < -0.39 is 5.91 Å². The lowest BCUT2D eigenvalue weighted by atomic mass is 10.2. The summed E-state index contributed by atoms with van der Waals surface area (Å²) in [6, 6.07) is 18.7. The second-order valence-corrected chi connectivity index (χ2v) is 8.11. The first-order valence-electron chi connectivity index (χ1n) is 11.0. The van der Waals surface area contributed by atoms with Gasteiger partial charge in [-0.3, -0.25) is 9.59 Å². The second kappa shape index (κ2) is 8.86. The summed E-state index contributed by atoms with van der Waals surface area (Å²) in [6.45, 7) is 5.99. The molecule has 2 N–H and O–H groups in total. The molecule has 3 heterocycles. The second-order valence-electron chi connectivity index (χ2n) is 8.11. The molecule has 3 aromatic heterocycles. The van der Waals surface area contributed by atoms with Crippen LogP contribution >= 0.6 is 0 Å². The van der Waals surface area contributed by atoms with E-state index in [0.717, 1.165) is 22.6 Å². The summed E-state index contributed by atoms with van der Waals surface area (Å²) in [5, 5.41) is 19.4. The van der Waals surface area contributed by atoms with Gasteiger partial charge in [0.1, 0.15) is 5.58 Å². The number of nitrogens with one attached hydrogen (secondary N) is 2. The number of hydrogen-bond acceptors (Lipinski definition) is 7. The van der Waals surface area contributed by atoms with Crippen molar-refractivity contribution in [2.45, 2.75) is 20.8 Å². The Morgan fingerprint density at radius 2 is 1.66 bits per heavy atom. The fourth-order valence-electron chi connectivity index (χ4n) is 3.64. The van der Waals surface area contributed by atoms with Gasteiger partial charge < -0.3 is 15.1 Å². The molecule has 0 spiro atoms. The SMILES string of the molecule is Cc1nn(-c2ccc(Nc3ccc(NC(=O)c4cc(=O)c5ccccc5o4)cc3)nn2)c(C)c1C. The van der Waals surface area contributed by atoms with E-state index in [1.54, 1.807) is 53.2 Å². The smallest absolute Gasteiger partial charge is 0.291 e. The van der Waals surface area contributed by atoms with E-state index in [1.807, 2.05) is 32.9 Å². The van der Waals surface area contributed by atoms with Gasteiger partial charge in [-0.2, -0.15) is 5.10 Å². The molecule has 0 saturated carbocycles. The maximum atomic E-state index is 12.6. The van der Waals surface area contributed by atoms with E-state index in [2.05, 4.69) is 25.9 Å². The van der Waals surface area contributed by atoms with Crippen LogP contribution in [0.2, 0.25) is 0 Å². The Hall–Kier alpha value is -4.79. The van der Waals surface area contributed by atoms with Crippen LogP contribution in [0.5, 0.6) is 0 Å². The summed E-state index contributed by atoms with van der Waals surface area (Å²) in [7, 11) is 0. The largest absolute Gasteiger partial charge is 0.451 e. The molecule has 0 aliphatic rings. The predicted octanol–water partition coefficient (Wildman–Crippen LogP) is 4.69. The molecule has 0 fully saturated rings. The van der Waals surface area contributed by atoms with Crippen LogP contribution in [0, 0.1) is 20.8 Å². The summed E-state index contributed by atoms with van der Waals surface area (Å²) >= 11 is 0. The van der Waals surface area contributed by atoms with Gasteiger partial charge in [0.25, 0.3) is 5.91 Å². The molecule has 174 valence electrons. The molecule has 9 nitrogen and oxygen atoms in total. The van der Waals surface area contributed by atoms with Crippen molar-refractivity contribution in [3.8, 4) is 5.82 Å². The van der Waals surface area contributed by atoms with Crippen molar-refractivity contribution in [2.75, 3.05) is 10.6 Å². The number of nitrogens with zero attached hydrogens (tertiary/aromatic N) is 4. The van der Waals surface area contributed by atoms with Crippen molar-refractivity contribution in [1.82, 2.24) is 20.0 Å². The lowest BCUT2D eigenvalue weighted by Gasteiger charge is -2.09. The van der Waals surface area contributed by atoms with Crippen LogP contribution in [0.3, 0.4) is 0 Å². The van der Waals surface area contributed by atoms with Crippen LogP contribution in [0.1, 0.15) is 27.5 Å². The van der Waals surface area contributed by atoms with Crippen LogP contribution in [0.15, 0.2) is 75.9 Å². The van der Waals surface area contributed by atoms with Crippen molar-refractivity contribution < 1.29 is 9.21 Å². The maximum Gasteiger partial charge on any atom is 0.291 e. The number of fused-ring (bicyclic) bond motifs is 1. The number of hydrogen-bond donors (Lipinski definition) is 2. The Bertz CT molecular complexity index is 1600.